The first-order chi connectivity index (χ1) is 8.33. The van der Waals surface area contributed by atoms with Crippen molar-refractivity contribution in [2.45, 2.75) is 13.8 Å². The van der Waals surface area contributed by atoms with E-state index in [0.717, 1.165) is 6.54 Å². The Hall–Kier alpha value is -2.18. The Morgan fingerprint density at radius 3 is 2.82 bits per heavy atom. The molecule has 0 aliphatic carbocycles. The van der Waals surface area contributed by atoms with Crippen LogP contribution in [0.25, 0.3) is 5.95 Å². The number of aromatic nitrogens is 5. The Balaban J connectivity index is 2.37. The monoisotopic (exact) mass is 234 g/mol. The lowest BCUT2D eigenvalue weighted by molar-refractivity contribution is 0.311. The van der Waals surface area contributed by atoms with Crippen molar-refractivity contribution in [3.8, 4) is 12.0 Å². The predicted molar refractivity (Wildman–Crippen MR) is 62.3 cm³/mol. The fourth-order valence-electron chi connectivity index (χ4n) is 1.27. The van der Waals surface area contributed by atoms with Gasteiger partial charge in [-0.3, -0.25) is 4.57 Å². The van der Waals surface area contributed by atoms with Crippen molar-refractivity contribution in [3.63, 3.8) is 0 Å². The molecule has 0 aromatic carbocycles. The molecule has 0 saturated carbocycles. The summed E-state index contributed by atoms with van der Waals surface area (Å²) in [5, 5.41) is 3.03. The summed E-state index contributed by atoms with van der Waals surface area (Å²) in [5.41, 5.74) is 0. The van der Waals surface area contributed by atoms with Crippen LogP contribution < -0.4 is 10.1 Å². The molecule has 1 N–H and O–H groups in total. The summed E-state index contributed by atoms with van der Waals surface area (Å²) < 4.78 is 7.00. The van der Waals surface area contributed by atoms with Gasteiger partial charge >= 0.3 is 6.01 Å². The molecule has 7 nitrogen and oxygen atoms in total. The highest BCUT2D eigenvalue weighted by Gasteiger charge is 2.07. The van der Waals surface area contributed by atoms with E-state index in [9.17, 15) is 0 Å². The molecule has 17 heavy (non-hydrogen) atoms. The second-order valence-electron chi connectivity index (χ2n) is 3.17. The molecule has 7 heteroatoms. The van der Waals surface area contributed by atoms with Gasteiger partial charge in [0.25, 0.3) is 0 Å². The quantitative estimate of drug-likeness (QED) is 0.827. The third-order valence-corrected chi connectivity index (χ3v) is 1.95. The molecule has 0 aliphatic heterocycles. The van der Waals surface area contributed by atoms with Gasteiger partial charge in [-0.2, -0.15) is 15.0 Å². The van der Waals surface area contributed by atoms with Crippen molar-refractivity contribution in [2.24, 2.45) is 0 Å². The van der Waals surface area contributed by atoms with Crippen LogP contribution in [-0.4, -0.2) is 37.7 Å². The Labute approximate surface area is 98.9 Å². The number of rotatable bonds is 5. The first kappa shape index (κ1) is 11.3. The molecule has 0 unspecified atom stereocenters. The van der Waals surface area contributed by atoms with Crippen LogP contribution in [-0.2, 0) is 0 Å². The molecule has 90 valence electrons. The van der Waals surface area contributed by atoms with Gasteiger partial charge in [0.05, 0.1) is 6.61 Å². The second kappa shape index (κ2) is 5.24. The van der Waals surface area contributed by atoms with Crippen molar-refractivity contribution < 1.29 is 4.74 Å². The second-order valence-corrected chi connectivity index (χ2v) is 3.17. The third kappa shape index (κ3) is 2.68. The molecule has 2 heterocycles. The van der Waals surface area contributed by atoms with Crippen molar-refractivity contribution in [1.29, 1.82) is 0 Å². The van der Waals surface area contributed by atoms with E-state index in [0.29, 0.717) is 24.5 Å². The molecular weight excluding hydrogens is 220 g/mol. The van der Waals surface area contributed by atoms with Crippen molar-refractivity contribution >= 4 is 5.95 Å². The zero-order valence-corrected chi connectivity index (χ0v) is 9.79. The van der Waals surface area contributed by atoms with Gasteiger partial charge in [-0.25, -0.2) is 4.98 Å². The van der Waals surface area contributed by atoms with Gasteiger partial charge in [-0.15, -0.1) is 0 Å². The van der Waals surface area contributed by atoms with Crippen molar-refractivity contribution in [2.75, 3.05) is 18.5 Å². The third-order valence-electron chi connectivity index (χ3n) is 1.95. The number of imidazole rings is 1. The van der Waals surface area contributed by atoms with Gasteiger partial charge in [-0.05, 0) is 13.8 Å². The SMILES string of the molecule is CCNc1nc(OCC)nc(-n2ccnc2)n1. The maximum atomic E-state index is 5.30. The summed E-state index contributed by atoms with van der Waals surface area (Å²) in [4.78, 5) is 16.5. The van der Waals surface area contributed by atoms with Crippen molar-refractivity contribution in [1.82, 2.24) is 24.5 Å². The minimum Gasteiger partial charge on any atom is -0.464 e. The minimum atomic E-state index is 0.308. The van der Waals surface area contributed by atoms with Crippen molar-refractivity contribution in [3.05, 3.63) is 18.7 Å². The Kier molecular flexibility index (Phi) is 3.49. The van der Waals surface area contributed by atoms with E-state index in [1.165, 1.54) is 0 Å². The summed E-state index contributed by atoms with van der Waals surface area (Å²) in [6.45, 7) is 5.10. The lowest BCUT2D eigenvalue weighted by Crippen LogP contribution is -2.10. The lowest BCUT2D eigenvalue weighted by Gasteiger charge is -2.07. The minimum absolute atomic E-state index is 0.308. The first-order valence-corrected chi connectivity index (χ1v) is 5.44. The average Bonchev–Trinajstić information content (AvgIpc) is 2.83. The number of hydrogen-bond donors (Lipinski definition) is 1. The smallest absolute Gasteiger partial charge is 0.323 e. The standard InChI is InChI=1S/C10H14N6O/c1-3-12-8-13-9(16-6-5-11-7-16)15-10(14-8)17-4-2/h5-7H,3-4H2,1-2H3,(H,12,13,14,15). The molecule has 2 aromatic heterocycles. The summed E-state index contributed by atoms with van der Waals surface area (Å²) in [6.07, 6.45) is 5.05. The lowest BCUT2D eigenvalue weighted by atomic mass is 10.7. The molecule has 0 saturated heterocycles. The van der Waals surface area contributed by atoms with E-state index >= 15 is 0 Å². The largest absolute Gasteiger partial charge is 0.464 e. The average molecular weight is 234 g/mol. The molecule has 2 aromatic rings. The molecular formula is C10H14N6O. The topological polar surface area (TPSA) is 77.8 Å². The molecule has 0 atom stereocenters. The van der Waals surface area contributed by atoms with Gasteiger partial charge in [0.1, 0.15) is 6.33 Å². The first-order valence-electron chi connectivity index (χ1n) is 5.44. The molecule has 0 radical (unpaired) electrons. The van der Waals surface area contributed by atoms with E-state index in [1.54, 1.807) is 23.3 Å². The van der Waals surface area contributed by atoms with Gasteiger partial charge in [0.15, 0.2) is 0 Å². The Morgan fingerprint density at radius 1 is 1.29 bits per heavy atom. The van der Waals surface area contributed by atoms with Gasteiger partial charge in [0.2, 0.25) is 11.9 Å². The molecule has 0 fully saturated rings. The van der Waals surface area contributed by atoms with Crippen LogP contribution >= 0.6 is 0 Å². The van der Waals surface area contributed by atoms with Crippen LogP contribution in [0.4, 0.5) is 5.95 Å². The fraction of sp³-hybridized carbons (Fsp3) is 0.400. The normalized spacial score (nSPS) is 10.2. The highest BCUT2D eigenvalue weighted by Crippen LogP contribution is 2.10. The van der Waals surface area contributed by atoms with Gasteiger partial charge in [-0.1, -0.05) is 0 Å². The maximum Gasteiger partial charge on any atom is 0.323 e. The Morgan fingerprint density at radius 2 is 2.18 bits per heavy atom. The van der Waals surface area contributed by atoms with Crippen LogP contribution in [0.3, 0.4) is 0 Å². The van der Waals surface area contributed by atoms with E-state index in [4.69, 9.17) is 4.74 Å². The number of nitrogens with zero attached hydrogens (tertiary/aromatic N) is 5. The van der Waals surface area contributed by atoms with E-state index in [2.05, 4.69) is 25.3 Å². The van der Waals surface area contributed by atoms with E-state index in [-0.39, 0.29) is 0 Å². The summed E-state index contributed by atoms with van der Waals surface area (Å²) in [5.74, 6) is 0.978. The van der Waals surface area contributed by atoms with E-state index < -0.39 is 0 Å². The fourth-order valence-corrected chi connectivity index (χ4v) is 1.27. The van der Waals surface area contributed by atoms with Gasteiger partial charge in [0, 0.05) is 18.9 Å². The van der Waals surface area contributed by atoms with Crippen LogP contribution in [0, 0.1) is 0 Å². The summed E-state index contributed by atoms with van der Waals surface area (Å²) >= 11 is 0. The number of ether oxygens (including phenoxy) is 1. The molecule has 0 aliphatic rings. The number of anilines is 1. The van der Waals surface area contributed by atoms with Crippen LogP contribution in [0.2, 0.25) is 0 Å². The predicted octanol–water partition coefficient (Wildman–Crippen LogP) is 0.888. The highest BCUT2D eigenvalue weighted by atomic mass is 16.5. The summed E-state index contributed by atoms with van der Waals surface area (Å²) in [7, 11) is 0. The molecule has 2 rings (SSSR count). The maximum absolute atomic E-state index is 5.30. The zero-order chi connectivity index (χ0) is 12.1. The summed E-state index contributed by atoms with van der Waals surface area (Å²) in [6, 6.07) is 0.308. The van der Waals surface area contributed by atoms with Crippen LogP contribution in [0.15, 0.2) is 18.7 Å². The Bertz CT molecular complexity index is 445. The van der Waals surface area contributed by atoms with Crippen LogP contribution in [0.1, 0.15) is 13.8 Å². The molecule has 0 bridgehead atoms. The van der Waals surface area contributed by atoms with E-state index in [1.807, 2.05) is 13.8 Å². The van der Waals surface area contributed by atoms with Crippen LogP contribution in [0.5, 0.6) is 6.01 Å². The number of hydrogen-bond acceptors (Lipinski definition) is 6. The number of nitrogens with one attached hydrogen (secondary N) is 1. The zero-order valence-electron chi connectivity index (χ0n) is 9.79. The van der Waals surface area contributed by atoms with Gasteiger partial charge < -0.3 is 10.1 Å². The molecule has 0 amide bonds. The molecule has 0 spiro atoms. The highest BCUT2D eigenvalue weighted by molar-refractivity contribution is 5.30.